The summed E-state index contributed by atoms with van der Waals surface area (Å²) in [7, 11) is 0. The number of unbranched alkanes of at least 4 members (excludes halogenated alkanes) is 2. The van der Waals surface area contributed by atoms with Crippen LogP contribution in [0.4, 0.5) is 0 Å². The lowest BCUT2D eigenvalue weighted by atomic mass is 9.97. The van der Waals surface area contributed by atoms with Crippen LogP contribution in [-0.4, -0.2) is 24.8 Å². The highest BCUT2D eigenvalue weighted by Crippen LogP contribution is 2.19. The zero-order valence-electron chi connectivity index (χ0n) is 11.6. The van der Waals surface area contributed by atoms with Gasteiger partial charge in [-0.25, -0.2) is 0 Å². The summed E-state index contributed by atoms with van der Waals surface area (Å²) in [5.41, 5.74) is 9.81. The van der Waals surface area contributed by atoms with Crippen molar-refractivity contribution in [1.29, 1.82) is 0 Å². The normalized spacial score (nSPS) is 12.7. The lowest BCUT2D eigenvalue weighted by molar-refractivity contribution is 0.282. The van der Waals surface area contributed by atoms with Crippen molar-refractivity contribution in [2.24, 2.45) is 5.73 Å². The Labute approximate surface area is 110 Å². The Morgan fingerprint density at radius 2 is 2.00 bits per heavy atom. The van der Waals surface area contributed by atoms with Crippen molar-refractivity contribution in [2.45, 2.75) is 39.2 Å². The maximum Gasteiger partial charge on any atom is 0.0447 e. The van der Waals surface area contributed by atoms with Gasteiger partial charge in [0.1, 0.15) is 0 Å². The van der Waals surface area contributed by atoms with Gasteiger partial charge in [0.25, 0.3) is 0 Å². The lowest BCUT2D eigenvalue weighted by Gasteiger charge is -2.20. The number of nitrogens with two attached hydrogens (primary N) is 1. The van der Waals surface area contributed by atoms with E-state index in [2.05, 4.69) is 37.4 Å². The molecule has 1 atom stereocenters. The maximum absolute atomic E-state index is 8.73. The molecule has 3 heteroatoms. The van der Waals surface area contributed by atoms with E-state index in [1.54, 1.807) is 0 Å². The van der Waals surface area contributed by atoms with E-state index in [-0.39, 0.29) is 12.6 Å². The molecule has 4 N–H and O–H groups in total. The van der Waals surface area contributed by atoms with Gasteiger partial charge in [0.2, 0.25) is 0 Å². The van der Waals surface area contributed by atoms with Crippen molar-refractivity contribution in [3.8, 4) is 0 Å². The van der Waals surface area contributed by atoms with Crippen LogP contribution in [0.5, 0.6) is 0 Å². The molecule has 1 unspecified atom stereocenters. The van der Waals surface area contributed by atoms with Crippen LogP contribution in [0.25, 0.3) is 0 Å². The molecule has 3 nitrogen and oxygen atoms in total. The highest BCUT2D eigenvalue weighted by molar-refractivity contribution is 5.35. The fourth-order valence-electron chi connectivity index (χ4n) is 2.16. The van der Waals surface area contributed by atoms with E-state index in [0.29, 0.717) is 6.54 Å². The van der Waals surface area contributed by atoms with Crippen molar-refractivity contribution in [1.82, 2.24) is 5.32 Å². The Kier molecular flexibility index (Phi) is 6.94. The Morgan fingerprint density at radius 1 is 1.22 bits per heavy atom. The lowest BCUT2D eigenvalue weighted by Crippen LogP contribution is -2.29. The topological polar surface area (TPSA) is 58.3 Å². The molecule has 0 saturated heterocycles. The van der Waals surface area contributed by atoms with Crippen LogP contribution in [0.15, 0.2) is 18.2 Å². The van der Waals surface area contributed by atoms with Crippen molar-refractivity contribution in [2.75, 3.05) is 19.7 Å². The molecule has 0 fully saturated rings. The first kappa shape index (κ1) is 15.2. The summed E-state index contributed by atoms with van der Waals surface area (Å²) >= 11 is 0. The Balaban J connectivity index is 2.52. The highest BCUT2D eigenvalue weighted by Gasteiger charge is 2.11. The number of rotatable bonds is 8. The summed E-state index contributed by atoms with van der Waals surface area (Å²) in [5.74, 6) is 0. The molecule has 0 aliphatic rings. The van der Waals surface area contributed by atoms with E-state index in [0.717, 1.165) is 25.8 Å². The van der Waals surface area contributed by atoms with Crippen LogP contribution in [0.2, 0.25) is 0 Å². The van der Waals surface area contributed by atoms with Crippen LogP contribution in [0, 0.1) is 13.8 Å². The molecule has 18 heavy (non-hydrogen) atoms. The molecular formula is C15H26N2O. The summed E-state index contributed by atoms with van der Waals surface area (Å²) in [6, 6.07) is 6.61. The number of aliphatic hydroxyl groups is 1. The van der Waals surface area contributed by atoms with E-state index in [1.165, 1.54) is 16.7 Å². The van der Waals surface area contributed by atoms with Gasteiger partial charge in [-0.1, -0.05) is 18.2 Å². The van der Waals surface area contributed by atoms with Crippen LogP contribution >= 0.6 is 0 Å². The smallest absolute Gasteiger partial charge is 0.0447 e. The summed E-state index contributed by atoms with van der Waals surface area (Å²) in [6.45, 7) is 6.14. The number of aliphatic hydroxyl groups excluding tert-OH is 1. The number of hydrogen-bond acceptors (Lipinski definition) is 3. The second kappa shape index (κ2) is 8.25. The van der Waals surface area contributed by atoms with Gasteiger partial charge in [-0.05, 0) is 56.3 Å². The fraction of sp³-hybridized carbons (Fsp3) is 0.600. The summed E-state index contributed by atoms with van der Waals surface area (Å²) in [5, 5.41) is 12.2. The number of hydrogen-bond donors (Lipinski definition) is 3. The molecule has 0 saturated carbocycles. The van der Waals surface area contributed by atoms with Crippen LogP contribution in [-0.2, 0) is 0 Å². The zero-order chi connectivity index (χ0) is 13.4. The van der Waals surface area contributed by atoms with Crippen molar-refractivity contribution in [3.63, 3.8) is 0 Å². The molecule has 0 aliphatic carbocycles. The van der Waals surface area contributed by atoms with Gasteiger partial charge in [0, 0.05) is 19.2 Å². The molecule has 1 aromatic carbocycles. The standard InChI is InChI=1S/C15H26N2O/c1-12-7-6-8-14(13(12)2)15(11-16)17-9-4-3-5-10-18/h6-8,15,17-18H,3-5,9-11,16H2,1-2H3. The average molecular weight is 250 g/mol. The Morgan fingerprint density at radius 3 is 2.67 bits per heavy atom. The fourth-order valence-corrected chi connectivity index (χ4v) is 2.16. The van der Waals surface area contributed by atoms with Crippen molar-refractivity contribution < 1.29 is 5.11 Å². The molecule has 0 aromatic heterocycles. The monoisotopic (exact) mass is 250 g/mol. The number of benzene rings is 1. The third-order valence-corrected chi connectivity index (χ3v) is 3.48. The molecule has 0 heterocycles. The molecule has 0 radical (unpaired) electrons. The molecule has 0 aliphatic heterocycles. The van der Waals surface area contributed by atoms with Gasteiger partial charge in [0.05, 0.1) is 0 Å². The van der Waals surface area contributed by atoms with E-state index in [1.807, 2.05) is 0 Å². The number of aryl methyl sites for hydroxylation is 1. The van der Waals surface area contributed by atoms with E-state index < -0.39 is 0 Å². The van der Waals surface area contributed by atoms with Crippen molar-refractivity contribution in [3.05, 3.63) is 34.9 Å². The van der Waals surface area contributed by atoms with Crippen LogP contribution in [0.3, 0.4) is 0 Å². The highest BCUT2D eigenvalue weighted by atomic mass is 16.2. The van der Waals surface area contributed by atoms with Gasteiger partial charge in [0.15, 0.2) is 0 Å². The SMILES string of the molecule is Cc1cccc(C(CN)NCCCCCO)c1C. The molecule has 102 valence electrons. The minimum atomic E-state index is 0.235. The molecule has 0 bridgehead atoms. The van der Waals surface area contributed by atoms with Crippen LogP contribution < -0.4 is 11.1 Å². The first-order valence-electron chi connectivity index (χ1n) is 6.81. The first-order valence-corrected chi connectivity index (χ1v) is 6.81. The molecule has 0 amide bonds. The van der Waals surface area contributed by atoms with Gasteiger partial charge in [-0.2, -0.15) is 0 Å². The van der Waals surface area contributed by atoms with E-state index in [9.17, 15) is 0 Å². The Hall–Kier alpha value is -0.900. The first-order chi connectivity index (χ1) is 8.70. The van der Waals surface area contributed by atoms with Gasteiger partial charge in [-0.15, -0.1) is 0 Å². The second-order valence-corrected chi connectivity index (χ2v) is 4.82. The number of nitrogens with one attached hydrogen (secondary N) is 1. The second-order valence-electron chi connectivity index (χ2n) is 4.82. The third-order valence-electron chi connectivity index (χ3n) is 3.48. The summed E-state index contributed by atoms with van der Waals surface area (Å²) < 4.78 is 0. The van der Waals surface area contributed by atoms with Gasteiger partial charge < -0.3 is 16.2 Å². The zero-order valence-corrected chi connectivity index (χ0v) is 11.6. The van der Waals surface area contributed by atoms with Crippen LogP contribution in [0.1, 0.15) is 42.0 Å². The largest absolute Gasteiger partial charge is 0.396 e. The van der Waals surface area contributed by atoms with Crippen molar-refractivity contribution >= 4 is 0 Å². The van der Waals surface area contributed by atoms with E-state index in [4.69, 9.17) is 10.8 Å². The predicted octanol–water partition coefficient (Wildman–Crippen LogP) is 2.06. The summed E-state index contributed by atoms with van der Waals surface area (Å²) in [6.07, 6.45) is 3.04. The van der Waals surface area contributed by atoms with Gasteiger partial charge in [-0.3, -0.25) is 0 Å². The predicted molar refractivity (Wildman–Crippen MR) is 76.7 cm³/mol. The average Bonchev–Trinajstić information content (AvgIpc) is 2.38. The summed E-state index contributed by atoms with van der Waals surface area (Å²) in [4.78, 5) is 0. The Bertz CT molecular complexity index is 352. The van der Waals surface area contributed by atoms with E-state index >= 15 is 0 Å². The quantitative estimate of drug-likeness (QED) is 0.619. The molecule has 0 spiro atoms. The minimum absolute atomic E-state index is 0.235. The molecular weight excluding hydrogens is 224 g/mol. The van der Waals surface area contributed by atoms with Gasteiger partial charge >= 0.3 is 0 Å². The molecule has 1 aromatic rings. The molecule has 1 rings (SSSR count). The maximum atomic E-state index is 8.73. The third kappa shape index (κ3) is 4.41. The minimum Gasteiger partial charge on any atom is -0.396 e.